The van der Waals surface area contributed by atoms with E-state index >= 15 is 0 Å². The molecule has 0 heterocycles. The van der Waals surface area contributed by atoms with E-state index < -0.39 is 0 Å². The van der Waals surface area contributed by atoms with Crippen molar-refractivity contribution in [3.63, 3.8) is 0 Å². The Balaban J connectivity index is 0.000000428. The summed E-state index contributed by atoms with van der Waals surface area (Å²) in [4.78, 5) is 0. The second-order valence-corrected chi connectivity index (χ2v) is 16.6. The van der Waals surface area contributed by atoms with Gasteiger partial charge < -0.3 is 12.7 Å². The van der Waals surface area contributed by atoms with E-state index in [0.29, 0.717) is 0 Å². The average Bonchev–Trinajstić information content (AvgIpc) is 3.96. The first-order valence-electron chi connectivity index (χ1n) is 27.5. The number of benzene rings is 9. The summed E-state index contributed by atoms with van der Waals surface area (Å²) >= 11 is 0. The Bertz CT molecular complexity index is 3060. The molecule has 0 saturated heterocycles. The minimum atomic E-state index is -0.388. The van der Waals surface area contributed by atoms with Crippen molar-refractivity contribution in [1.29, 1.82) is 0 Å². The maximum atomic E-state index is 6.05. The maximum Gasteiger partial charge on any atom is 0.0535 e. The number of hydrogen-bond donors (Lipinski definition) is 0. The zero-order valence-corrected chi connectivity index (χ0v) is 54.5. The second-order valence-electron chi connectivity index (χ2n) is 16.6. The third-order valence-electron chi connectivity index (χ3n) is 13.4. The summed E-state index contributed by atoms with van der Waals surface area (Å²) in [7, 11) is 0. The van der Waals surface area contributed by atoms with Crippen LogP contribution in [-0.2, 0) is 76.2 Å². The first kappa shape index (κ1) is 67.0. The Morgan fingerprint density at radius 1 is 0.316 bits per heavy atom. The Morgan fingerprint density at radius 2 is 0.632 bits per heavy atom. The molecule has 2 radical (unpaired) electrons. The SMILES string of the molecule is CC.CC.CC.CC.CC.CC.Cc1ccccc1C1(c2ccccc2C)c2ccccc2-c2c(-c3[c-]cccc3)[c-]ccc21.[CH-]=Cc1[c-]ccc2c1-c1ccccc1C2(c1ccccc1C)c1ccccc1C.[Y].[Y]. The summed E-state index contributed by atoms with van der Waals surface area (Å²) in [5.74, 6) is 0. The van der Waals surface area contributed by atoms with Crippen LogP contribution in [0, 0.1) is 52.5 Å². The van der Waals surface area contributed by atoms with Gasteiger partial charge in [-0.15, -0.1) is 34.9 Å². The molecule has 76 heavy (non-hydrogen) atoms. The Hall–Kier alpha value is -5.07. The van der Waals surface area contributed by atoms with Gasteiger partial charge in [-0.3, -0.25) is 5.56 Å². The summed E-state index contributed by atoms with van der Waals surface area (Å²) in [6.45, 7) is 38.9. The summed E-state index contributed by atoms with van der Waals surface area (Å²) in [6.07, 6.45) is 1.68. The van der Waals surface area contributed by atoms with Crippen LogP contribution in [0.3, 0.4) is 0 Å². The molecule has 0 fully saturated rings. The number of aryl methyl sites for hydroxylation is 4. The molecule has 9 aromatic rings. The molecule has 0 saturated carbocycles. The van der Waals surface area contributed by atoms with Crippen molar-refractivity contribution < 1.29 is 65.4 Å². The Kier molecular flexibility index (Phi) is 29.3. The van der Waals surface area contributed by atoms with Crippen LogP contribution in [0.1, 0.15) is 155 Å². The van der Waals surface area contributed by atoms with Gasteiger partial charge in [0.05, 0.1) is 10.8 Å². The first-order valence-corrected chi connectivity index (χ1v) is 27.5. The first-order chi connectivity index (χ1) is 36.4. The Morgan fingerprint density at radius 3 is 0.987 bits per heavy atom. The largest absolute Gasteiger partial charge is 0.344 e. The Labute approximate surface area is 512 Å². The second kappa shape index (κ2) is 33.3. The van der Waals surface area contributed by atoms with E-state index in [1.807, 2.05) is 101 Å². The smallest absolute Gasteiger partial charge is 0.0535 e. The summed E-state index contributed by atoms with van der Waals surface area (Å²) < 4.78 is 0. The van der Waals surface area contributed by atoms with Crippen LogP contribution in [0.5, 0.6) is 0 Å². The molecule has 0 amide bonds. The van der Waals surface area contributed by atoms with Gasteiger partial charge in [-0.1, -0.05) is 240 Å². The van der Waals surface area contributed by atoms with E-state index in [0.717, 1.165) is 16.7 Å². The molecule has 0 nitrogen and oxygen atoms in total. The van der Waals surface area contributed by atoms with Gasteiger partial charge in [0.2, 0.25) is 0 Å². The molecule has 11 rings (SSSR count). The minimum absolute atomic E-state index is 0. The van der Waals surface area contributed by atoms with Gasteiger partial charge in [0.25, 0.3) is 0 Å². The van der Waals surface area contributed by atoms with E-state index in [4.69, 9.17) is 6.58 Å². The zero-order chi connectivity index (χ0) is 54.4. The van der Waals surface area contributed by atoms with E-state index in [1.54, 1.807) is 6.08 Å². The van der Waals surface area contributed by atoms with Crippen molar-refractivity contribution in [2.45, 2.75) is 122 Å². The van der Waals surface area contributed by atoms with Crippen molar-refractivity contribution in [2.24, 2.45) is 0 Å². The fourth-order valence-corrected chi connectivity index (χ4v) is 10.9. The predicted molar refractivity (Wildman–Crippen MR) is 325 cm³/mol. The number of hydrogen-bond acceptors (Lipinski definition) is 0. The van der Waals surface area contributed by atoms with Gasteiger partial charge in [0, 0.05) is 65.4 Å². The monoisotopic (exact) mass is 1150 g/mol. The van der Waals surface area contributed by atoms with E-state index in [1.165, 1.54) is 89.0 Å². The topological polar surface area (TPSA) is 0 Å². The molecule has 0 aromatic heterocycles. The van der Waals surface area contributed by atoms with Crippen LogP contribution in [0.2, 0.25) is 0 Å². The summed E-state index contributed by atoms with van der Waals surface area (Å²) in [5.41, 5.74) is 23.0. The molecule has 388 valence electrons. The zero-order valence-electron chi connectivity index (χ0n) is 48.8. The molecular formula is C74H82Y2-4. The van der Waals surface area contributed by atoms with Gasteiger partial charge >= 0.3 is 0 Å². The van der Waals surface area contributed by atoms with Crippen LogP contribution in [0.15, 0.2) is 194 Å². The van der Waals surface area contributed by atoms with Crippen LogP contribution in [-0.4, -0.2) is 0 Å². The molecule has 9 aromatic carbocycles. The van der Waals surface area contributed by atoms with Gasteiger partial charge in [-0.2, -0.15) is 48.0 Å². The van der Waals surface area contributed by atoms with Crippen LogP contribution < -0.4 is 0 Å². The number of fused-ring (bicyclic) bond motifs is 6. The normalized spacial score (nSPS) is 11.5. The van der Waals surface area contributed by atoms with Crippen molar-refractivity contribution >= 4 is 6.08 Å². The van der Waals surface area contributed by atoms with Gasteiger partial charge in [-0.25, -0.2) is 17.2 Å². The molecule has 0 N–H and O–H groups in total. The predicted octanol–water partition coefficient (Wildman–Crippen LogP) is 21.0. The van der Waals surface area contributed by atoms with Gasteiger partial charge in [-0.05, 0) is 83.3 Å². The van der Waals surface area contributed by atoms with Crippen LogP contribution >= 0.6 is 0 Å². The van der Waals surface area contributed by atoms with Crippen molar-refractivity contribution in [3.05, 3.63) is 291 Å². The van der Waals surface area contributed by atoms with Crippen LogP contribution in [0.4, 0.5) is 0 Å². The molecule has 0 spiro atoms. The van der Waals surface area contributed by atoms with Gasteiger partial charge in [0.15, 0.2) is 0 Å². The standard InChI is InChI=1S/C33H24.C29H22.6C2H6.2Y/c1-23-13-6-9-19-28(23)33(29-20-10-7-14-24(29)2)30-21-11-8-17-27(30)32-26(18-12-22-31(32)33)25-15-4-3-5-16-25;1-4-22-14-11-19-27-28(22)23-15-7-10-18-26(23)29(27,24-16-8-5-12-20(24)2)25-17-9-6-13-21(25)3;6*1-2;;/h3-15,17,19-22H,1-2H3;1,4-13,15-19H,2-3H3;6*1-2H3;;/q2*-2;;;;;;;;. The van der Waals surface area contributed by atoms with Gasteiger partial charge in [0.1, 0.15) is 0 Å². The van der Waals surface area contributed by atoms with Crippen molar-refractivity contribution in [1.82, 2.24) is 0 Å². The molecule has 0 atom stereocenters. The number of rotatable bonds is 6. The molecule has 0 unspecified atom stereocenters. The van der Waals surface area contributed by atoms with Crippen molar-refractivity contribution in [2.75, 3.05) is 0 Å². The third kappa shape index (κ3) is 12.6. The van der Waals surface area contributed by atoms with E-state index in [-0.39, 0.29) is 76.2 Å². The van der Waals surface area contributed by atoms with E-state index in [2.05, 4.69) is 222 Å². The van der Waals surface area contributed by atoms with Crippen molar-refractivity contribution in [3.8, 4) is 33.4 Å². The molecule has 2 aliphatic carbocycles. The summed E-state index contributed by atoms with van der Waals surface area (Å²) in [6, 6.07) is 80.0. The molecule has 2 aliphatic rings. The molecule has 0 aliphatic heterocycles. The van der Waals surface area contributed by atoms with E-state index in [9.17, 15) is 0 Å². The molecular weight excluding hydrogens is 1070 g/mol. The summed E-state index contributed by atoms with van der Waals surface area (Å²) in [5, 5.41) is 0. The quantitative estimate of drug-likeness (QED) is 0.146. The maximum absolute atomic E-state index is 6.05. The molecule has 2 heteroatoms. The fraction of sp³-hybridized carbons (Fsp3) is 0.243. The molecule has 0 bridgehead atoms. The minimum Gasteiger partial charge on any atom is -0.344 e. The van der Waals surface area contributed by atoms with Crippen LogP contribution in [0.25, 0.3) is 39.5 Å². The average molecular weight is 1150 g/mol. The fourth-order valence-electron chi connectivity index (χ4n) is 10.9. The third-order valence-corrected chi connectivity index (χ3v) is 13.4.